The van der Waals surface area contributed by atoms with Gasteiger partial charge in [-0.25, -0.2) is 4.98 Å². The number of alkyl halides is 1. The third kappa shape index (κ3) is 2.52. The Kier molecular flexibility index (Phi) is 4.32. The highest BCUT2D eigenvalue weighted by atomic mass is 35.5. The van der Waals surface area contributed by atoms with Gasteiger partial charge in [-0.15, -0.1) is 11.6 Å². The van der Waals surface area contributed by atoms with E-state index >= 15 is 0 Å². The Balaban J connectivity index is 2.73. The van der Waals surface area contributed by atoms with Crippen LogP contribution in [0.4, 0.5) is 0 Å². The van der Waals surface area contributed by atoms with Crippen LogP contribution < -0.4 is 0 Å². The normalized spacial score (nSPS) is 11.8. The minimum Gasteiger partial charge on any atom is -0.382 e. The van der Waals surface area contributed by atoms with E-state index in [2.05, 4.69) is 29.5 Å². The zero-order valence-corrected chi connectivity index (χ0v) is 12.7. The van der Waals surface area contributed by atoms with E-state index in [0.717, 1.165) is 16.9 Å². The summed E-state index contributed by atoms with van der Waals surface area (Å²) < 4.78 is 7.46. The summed E-state index contributed by atoms with van der Waals surface area (Å²) in [5.74, 6) is 1.38. The van der Waals surface area contributed by atoms with Gasteiger partial charge < -0.3 is 9.30 Å². The summed E-state index contributed by atoms with van der Waals surface area (Å²) in [7, 11) is 1.68. The van der Waals surface area contributed by atoms with Crippen molar-refractivity contribution in [2.75, 3.05) is 19.6 Å². The molecule has 0 radical (unpaired) electrons. The number of methoxy groups -OCH3 is 1. The molecule has 0 saturated heterocycles. The molecule has 0 unspecified atom stereocenters. The Labute approximate surface area is 123 Å². The second-order valence-corrected chi connectivity index (χ2v) is 5.71. The van der Waals surface area contributed by atoms with Gasteiger partial charge in [0, 0.05) is 19.4 Å². The van der Waals surface area contributed by atoms with Crippen molar-refractivity contribution in [2.45, 2.75) is 25.8 Å². The zero-order chi connectivity index (χ0) is 14.8. The lowest BCUT2D eigenvalue weighted by Gasteiger charge is -2.28. The van der Waals surface area contributed by atoms with E-state index < -0.39 is 0 Å². The fraction of sp³-hybridized carbons (Fsp3) is 0.467. The third-order valence-electron chi connectivity index (χ3n) is 3.30. The van der Waals surface area contributed by atoms with Crippen LogP contribution in [-0.2, 0) is 16.7 Å². The zero-order valence-electron chi connectivity index (χ0n) is 12.0. The molecule has 0 bridgehead atoms. The van der Waals surface area contributed by atoms with E-state index in [1.165, 1.54) is 0 Å². The van der Waals surface area contributed by atoms with Gasteiger partial charge in [-0.05, 0) is 26.0 Å². The largest absolute Gasteiger partial charge is 0.382 e. The lowest BCUT2D eigenvalue weighted by atomic mass is 10.1. The van der Waals surface area contributed by atoms with E-state index in [0.29, 0.717) is 24.5 Å². The van der Waals surface area contributed by atoms with E-state index in [9.17, 15) is 5.26 Å². The molecule has 0 fully saturated rings. The number of hydrogen-bond donors (Lipinski definition) is 0. The van der Waals surface area contributed by atoms with Crippen molar-refractivity contribution < 1.29 is 4.74 Å². The molecule has 1 aromatic carbocycles. The Morgan fingerprint density at radius 1 is 1.45 bits per heavy atom. The first-order valence-electron chi connectivity index (χ1n) is 6.51. The van der Waals surface area contributed by atoms with Crippen molar-refractivity contribution in [1.82, 2.24) is 9.55 Å². The van der Waals surface area contributed by atoms with Crippen LogP contribution in [-0.4, -0.2) is 29.1 Å². The molecule has 0 amide bonds. The topological polar surface area (TPSA) is 50.8 Å². The van der Waals surface area contributed by atoms with Crippen LogP contribution >= 0.6 is 11.6 Å². The maximum Gasteiger partial charge on any atom is 0.111 e. The molecule has 4 nitrogen and oxygen atoms in total. The maximum absolute atomic E-state index is 9.22. The van der Waals surface area contributed by atoms with Crippen molar-refractivity contribution in [2.24, 2.45) is 0 Å². The highest BCUT2D eigenvalue weighted by Crippen LogP contribution is 2.28. The van der Waals surface area contributed by atoms with Crippen LogP contribution in [0.5, 0.6) is 0 Å². The number of nitriles is 1. The highest BCUT2D eigenvalue weighted by Gasteiger charge is 2.26. The van der Waals surface area contributed by atoms with Crippen LogP contribution in [0, 0.1) is 11.3 Å². The van der Waals surface area contributed by atoms with Crippen molar-refractivity contribution in [3.63, 3.8) is 0 Å². The molecule has 0 aliphatic carbocycles. The predicted molar refractivity (Wildman–Crippen MR) is 80.1 cm³/mol. The Morgan fingerprint density at radius 2 is 2.20 bits per heavy atom. The van der Waals surface area contributed by atoms with Crippen LogP contribution in [0.1, 0.15) is 25.2 Å². The summed E-state index contributed by atoms with van der Waals surface area (Å²) in [6.45, 7) is 4.74. The smallest absolute Gasteiger partial charge is 0.111 e. The number of aromatic nitrogens is 2. The van der Waals surface area contributed by atoms with Gasteiger partial charge in [-0.1, -0.05) is 6.07 Å². The van der Waals surface area contributed by atoms with Crippen LogP contribution in [0.2, 0.25) is 0 Å². The highest BCUT2D eigenvalue weighted by molar-refractivity contribution is 6.17. The first-order chi connectivity index (χ1) is 9.55. The summed E-state index contributed by atoms with van der Waals surface area (Å²) in [5.41, 5.74) is 2.02. The predicted octanol–water partition coefficient (Wildman–Crippen LogP) is 3.07. The number of ether oxygens (including phenoxy) is 1. The number of para-hydroxylation sites is 1. The fourth-order valence-corrected chi connectivity index (χ4v) is 2.75. The average Bonchev–Trinajstić information content (AvgIpc) is 2.77. The van der Waals surface area contributed by atoms with Gasteiger partial charge in [0.1, 0.15) is 17.4 Å². The number of nitrogens with zero attached hydrogens (tertiary/aromatic N) is 3. The van der Waals surface area contributed by atoms with Crippen molar-refractivity contribution >= 4 is 22.6 Å². The second kappa shape index (κ2) is 5.82. The molecular formula is C15H18ClN3O. The molecule has 0 atom stereocenters. The summed E-state index contributed by atoms with van der Waals surface area (Å²) in [6.07, 6.45) is 0.661. The van der Waals surface area contributed by atoms with Gasteiger partial charge in [0.2, 0.25) is 0 Å². The Morgan fingerprint density at radius 3 is 2.80 bits per heavy atom. The number of hydrogen-bond acceptors (Lipinski definition) is 3. The summed E-state index contributed by atoms with van der Waals surface area (Å²) >= 11 is 5.89. The standard InChI is InChI=1S/C15H18ClN3O/c1-15(2,10-20-3)19-12-6-4-5-11(9-17)14(12)18-13(19)7-8-16/h4-6H,7-8,10H2,1-3H3. The van der Waals surface area contributed by atoms with Crippen LogP contribution in [0.15, 0.2) is 18.2 Å². The van der Waals surface area contributed by atoms with Gasteiger partial charge in [-0.2, -0.15) is 5.26 Å². The number of rotatable bonds is 5. The SMILES string of the molecule is COCC(C)(C)n1c(CCCl)nc2c(C#N)cccc21. The molecule has 0 aliphatic heterocycles. The first-order valence-corrected chi connectivity index (χ1v) is 7.04. The van der Waals surface area contributed by atoms with E-state index in [-0.39, 0.29) is 5.54 Å². The van der Waals surface area contributed by atoms with E-state index in [1.54, 1.807) is 13.2 Å². The molecule has 2 rings (SSSR count). The minimum atomic E-state index is -0.251. The van der Waals surface area contributed by atoms with Gasteiger partial charge in [0.05, 0.1) is 23.2 Å². The van der Waals surface area contributed by atoms with Gasteiger partial charge >= 0.3 is 0 Å². The molecule has 106 valence electrons. The number of halogens is 1. The van der Waals surface area contributed by atoms with Gasteiger partial charge in [0.25, 0.3) is 0 Å². The monoisotopic (exact) mass is 291 g/mol. The number of aryl methyl sites for hydroxylation is 1. The van der Waals surface area contributed by atoms with Crippen molar-refractivity contribution in [3.8, 4) is 6.07 Å². The van der Waals surface area contributed by atoms with Crippen LogP contribution in [0.3, 0.4) is 0 Å². The molecule has 5 heteroatoms. The summed E-state index contributed by atoms with van der Waals surface area (Å²) in [4.78, 5) is 4.62. The molecule has 2 aromatic rings. The quantitative estimate of drug-likeness (QED) is 0.796. The van der Waals surface area contributed by atoms with Gasteiger partial charge in [-0.3, -0.25) is 0 Å². The van der Waals surface area contributed by atoms with Crippen molar-refractivity contribution in [1.29, 1.82) is 5.26 Å². The lowest BCUT2D eigenvalue weighted by Crippen LogP contribution is -2.33. The molecule has 0 spiro atoms. The van der Waals surface area contributed by atoms with Crippen molar-refractivity contribution in [3.05, 3.63) is 29.6 Å². The van der Waals surface area contributed by atoms with E-state index in [4.69, 9.17) is 16.3 Å². The number of benzene rings is 1. The summed E-state index contributed by atoms with van der Waals surface area (Å²) in [5, 5.41) is 9.22. The molecule has 1 heterocycles. The Bertz CT molecular complexity index is 655. The van der Waals surface area contributed by atoms with Crippen LogP contribution in [0.25, 0.3) is 11.0 Å². The van der Waals surface area contributed by atoms with Gasteiger partial charge in [0.15, 0.2) is 0 Å². The molecular weight excluding hydrogens is 274 g/mol. The maximum atomic E-state index is 9.22. The molecule has 20 heavy (non-hydrogen) atoms. The fourth-order valence-electron chi connectivity index (χ4n) is 2.58. The Hall–Kier alpha value is -1.57. The third-order valence-corrected chi connectivity index (χ3v) is 3.49. The molecule has 0 N–H and O–H groups in total. The second-order valence-electron chi connectivity index (χ2n) is 5.33. The number of fused-ring (bicyclic) bond motifs is 1. The number of imidazole rings is 1. The molecule has 1 aromatic heterocycles. The lowest BCUT2D eigenvalue weighted by molar-refractivity contribution is 0.110. The first kappa shape index (κ1) is 14.8. The summed E-state index contributed by atoms with van der Waals surface area (Å²) in [6, 6.07) is 7.85. The average molecular weight is 292 g/mol. The minimum absolute atomic E-state index is 0.251. The molecule has 0 aliphatic rings. The van der Waals surface area contributed by atoms with E-state index in [1.807, 2.05) is 12.1 Å². The molecule has 0 saturated carbocycles.